The van der Waals surface area contributed by atoms with Gasteiger partial charge in [-0.3, -0.25) is 9.13 Å². The molecular weight excluding hydrogens is 306 g/mol. The number of rotatable bonds is 4. The molecule has 0 bridgehead atoms. The molecule has 0 unspecified atom stereocenters. The van der Waals surface area contributed by atoms with Crippen LogP contribution < -0.4 is 11.0 Å². The molecule has 0 amide bonds. The smallest absolute Gasteiger partial charge is 0.335 e. The fraction of sp³-hybridized carbons (Fsp3) is 0.222. The van der Waals surface area contributed by atoms with Gasteiger partial charge >= 0.3 is 11.7 Å². The molecule has 0 fully saturated rings. The highest BCUT2D eigenvalue weighted by Gasteiger charge is 2.09. The van der Waals surface area contributed by atoms with Gasteiger partial charge in [0, 0.05) is 26.3 Å². The summed E-state index contributed by atoms with van der Waals surface area (Å²) in [4.78, 5) is 23.0. The van der Waals surface area contributed by atoms with E-state index in [1.165, 1.54) is 0 Å². The van der Waals surface area contributed by atoms with E-state index in [2.05, 4.69) is 5.32 Å². The van der Waals surface area contributed by atoms with Gasteiger partial charge in [-0.05, 0) is 48.4 Å². The summed E-state index contributed by atoms with van der Waals surface area (Å²) in [5.74, 6) is -0.930. The maximum absolute atomic E-state index is 12.0. The molecule has 6 nitrogen and oxygen atoms in total. The van der Waals surface area contributed by atoms with Crippen LogP contribution in [0.25, 0.3) is 11.0 Å². The number of carboxylic acid groups (broad SMARTS) is 1. The SMILES string of the molecule is Cc1cc(C(=O)O)ccc1NCc1ccc2c(c1)n(C)c(=O)n2C. The predicted octanol–water partition coefficient (Wildman–Crippen LogP) is 2.50. The minimum atomic E-state index is -0.930. The lowest BCUT2D eigenvalue weighted by Gasteiger charge is -2.10. The molecule has 0 saturated heterocycles. The Balaban J connectivity index is 1.85. The van der Waals surface area contributed by atoms with Crippen molar-refractivity contribution in [3.05, 3.63) is 63.6 Å². The molecule has 1 heterocycles. The topological polar surface area (TPSA) is 76.3 Å². The Labute approximate surface area is 139 Å². The number of hydrogen-bond donors (Lipinski definition) is 2. The minimum absolute atomic E-state index is 0.0461. The second kappa shape index (κ2) is 5.88. The van der Waals surface area contributed by atoms with Gasteiger partial charge in [0.15, 0.2) is 0 Å². The Morgan fingerprint density at radius 3 is 2.46 bits per heavy atom. The van der Waals surface area contributed by atoms with Crippen molar-refractivity contribution in [3.8, 4) is 0 Å². The molecule has 0 aliphatic heterocycles. The number of anilines is 1. The summed E-state index contributed by atoms with van der Waals surface area (Å²) in [5, 5.41) is 12.3. The van der Waals surface area contributed by atoms with Crippen LogP contribution in [0.1, 0.15) is 21.5 Å². The van der Waals surface area contributed by atoms with Crippen molar-refractivity contribution < 1.29 is 9.90 Å². The maximum atomic E-state index is 12.0. The van der Waals surface area contributed by atoms with E-state index in [1.54, 1.807) is 41.4 Å². The third-order valence-electron chi connectivity index (χ3n) is 4.29. The van der Waals surface area contributed by atoms with Crippen molar-refractivity contribution in [1.29, 1.82) is 0 Å². The van der Waals surface area contributed by atoms with Crippen molar-refractivity contribution >= 4 is 22.7 Å². The zero-order valence-electron chi connectivity index (χ0n) is 13.8. The van der Waals surface area contributed by atoms with Crippen molar-refractivity contribution in [2.24, 2.45) is 14.1 Å². The largest absolute Gasteiger partial charge is 0.478 e. The molecule has 6 heteroatoms. The molecule has 0 radical (unpaired) electrons. The van der Waals surface area contributed by atoms with Crippen LogP contribution in [-0.4, -0.2) is 20.2 Å². The van der Waals surface area contributed by atoms with Gasteiger partial charge in [0.1, 0.15) is 0 Å². The molecule has 124 valence electrons. The van der Waals surface area contributed by atoms with Gasteiger partial charge in [0.05, 0.1) is 16.6 Å². The van der Waals surface area contributed by atoms with Gasteiger partial charge in [-0.2, -0.15) is 0 Å². The second-order valence-electron chi connectivity index (χ2n) is 5.91. The van der Waals surface area contributed by atoms with Crippen LogP contribution in [0, 0.1) is 6.92 Å². The van der Waals surface area contributed by atoms with Gasteiger partial charge in [0.25, 0.3) is 0 Å². The molecule has 2 aromatic carbocycles. The first-order chi connectivity index (χ1) is 11.4. The molecule has 1 aromatic heterocycles. The fourth-order valence-corrected chi connectivity index (χ4v) is 2.85. The number of nitrogens with zero attached hydrogens (tertiary/aromatic N) is 2. The Hall–Kier alpha value is -3.02. The number of hydrogen-bond acceptors (Lipinski definition) is 3. The van der Waals surface area contributed by atoms with Crippen LogP contribution in [0.15, 0.2) is 41.2 Å². The van der Waals surface area contributed by atoms with Crippen LogP contribution in [0.2, 0.25) is 0 Å². The van der Waals surface area contributed by atoms with Gasteiger partial charge in [0.2, 0.25) is 0 Å². The molecule has 3 rings (SSSR count). The molecule has 0 aliphatic carbocycles. The summed E-state index contributed by atoms with van der Waals surface area (Å²) in [6, 6.07) is 10.9. The number of carbonyl (C=O) groups is 1. The molecule has 2 N–H and O–H groups in total. The summed E-state index contributed by atoms with van der Waals surface area (Å²) in [7, 11) is 3.52. The Kier molecular flexibility index (Phi) is 3.89. The first kappa shape index (κ1) is 15.9. The van der Waals surface area contributed by atoms with Crippen LogP contribution in [-0.2, 0) is 20.6 Å². The fourth-order valence-electron chi connectivity index (χ4n) is 2.85. The number of aromatic carboxylic acids is 1. The van der Waals surface area contributed by atoms with Crippen molar-refractivity contribution in [2.75, 3.05) is 5.32 Å². The minimum Gasteiger partial charge on any atom is -0.478 e. The molecule has 24 heavy (non-hydrogen) atoms. The van der Waals surface area contributed by atoms with Crippen LogP contribution in [0.5, 0.6) is 0 Å². The standard InChI is InChI=1S/C18H19N3O3/c1-11-8-13(17(22)23)5-6-14(11)19-10-12-4-7-15-16(9-12)21(3)18(24)20(15)2/h4-9,19H,10H2,1-3H3,(H,22,23). The van der Waals surface area contributed by atoms with Crippen LogP contribution >= 0.6 is 0 Å². The lowest BCUT2D eigenvalue weighted by molar-refractivity contribution is 0.0697. The zero-order chi connectivity index (χ0) is 17.4. The van der Waals surface area contributed by atoms with Crippen LogP contribution in [0.3, 0.4) is 0 Å². The van der Waals surface area contributed by atoms with E-state index in [-0.39, 0.29) is 11.3 Å². The lowest BCUT2D eigenvalue weighted by Crippen LogP contribution is -2.19. The second-order valence-corrected chi connectivity index (χ2v) is 5.91. The van der Waals surface area contributed by atoms with E-state index >= 15 is 0 Å². The molecule has 0 saturated carbocycles. The number of aromatic nitrogens is 2. The van der Waals surface area contributed by atoms with Crippen molar-refractivity contribution in [2.45, 2.75) is 13.5 Å². The third-order valence-corrected chi connectivity index (χ3v) is 4.29. The monoisotopic (exact) mass is 325 g/mol. The summed E-state index contributed by atoms with van der Waals surface area (Å²) < 4.78 is 3.26. The first-order valence-corrected chi connectivity index (χ1v) is 7.60. The first-order valence-electron chi connectivity index (χ1n) is 7.60. The predicted molar refractivity (Wildman–Crippen MR) is 93.6 cm³/mol. The Morgan fingerprint density at radius 1 is 1.08 bits per heavy atom. The van der Waals surface area contributed by atoms with Crippen molar-refractivity contribution in [3.63, 3.8) is 0 Å². The summed E-state index contributed by atoms with van der Waals surface area (Å²) in [5.41, 5.74) is 4.83. The normalized spacial score (nSPS) is 11.0. The highest BCUT2D eigenvalue weighted by molar-refractivity contribution is 5.88. The van der Waals surface area contributed by atoms with E-state index in [9.17, 15) is 9.59 Å². The number of nitrogens with one attached hydrogen (secondary N) is 1. The van der Waals surface area contributed by atoms with Gasteiger partial charge < -0.3 is 10.4 Å². The molecule has 0 spiro atoms. The highest BCUT2D eigenvalue weighted by atomic mass is 16.4. The zero-order valence-corrected chi connectivity index (χ0v) is 13.8. The van der Waals surface area contributed by atoms with Gasteiger partial charge in [-0.25, -0.2) is 9.59 Å². The van der Waals surface area contributed by atoms with E-state index < -0.39 is 5.97 Å². The number of aryl methyl sites for hydroxylation is 3. The third kappa shape index (κ3) is 2.67. The highest BCUT2D eigenvalue weighted by Crippen LogP contribution is 2.19. The number of benzene rings is 2. The van der Waals surface area contributed by atoms with Crippen LogP contribution in [0.4, 0.5) is 5.69 Å². The average molecular weight is 325 g/mol. The van der Waals surface area contributed by atoms with E-state index in [4.69, 9.17) is 5.11 Å². The molecular formula is C18H19N3O3. The van der Waals surface area contributed by atoms with E-state index in [0.717, 1.165) is 27.8 Å². The number of imidazole rings is 1. The Morgan fingerprint density at radius 2 is 1.79 bits per heavy atom. The Bertz CT molecular complexity index is 999. The summed E-state index contributed by atoms with van der Waals surface area (Å²) in [6.07, 6.45) is 0. The molecule has 3 aromatic rings. The number of fused-ring (bicyclic) bond motifs is 1. The molecule has 0 aliphatic rings. The van der Waals surface area contributed by atoms with E-state index in [1.807, 2.05) is 25.1 Å². The van der Waals surface area contributed by atoms with Gasteiger partial charge in [-0.1, -0.05) is 6.07 Å². The molecule has 0 atom stereocenters. The lowest BCUT2D eigenvalue weighted by atomic mass is 10.1. The van der Waals surface area contributed by atoms with Crippen molar-refractivity contribution in [1.82, 2.24) is 9.13 Å². The average Bonchev–Trinajstić information content (AvgIpc) is 2.78. The number of carboxylic acids is 1. The summed E-state index contributed by atoms with van der Waals surface area (Å²) in [6.45, 7) is 2.46. The van der Waals surface area contributed by atoms with E-state index in [0.29, 0.717) is 6.54 Å². The van der Waals surface area contributed by atoms with Gasteiger partial charge in [-0.15, -0.1) is 0 Å². The summed E-state index contributed by atoms with van der Waals surface area (Å²) >= 11 is 0. The maximum Gasteiger partial charge on any atom is 0.335 e. The quantitative estimate of drug-likeness (QED) is 0.773.